The first-order chi connectivity index (χ1) is 15.9. The molecule has 0 aliphatic carbocycles. The van der Waals surface area contributed by atoms with Crippen LogP contribution in [-0.4, -0.2) is 47.7 Å². The molecule has 3 rings (SSSR count). The first-order valence-corrected chi connectivity index (χ1v) is 11.3. The van der Waals surface area contributed by atoms with Gasteiger partial charge in [-0.15, -0.1) is 0 Å². The number of carbonyl (C=O) groups is 1. The Labute approximate surface area is 198 Å². The topological polar surface area (TPSA) is 100 Å². The van der Waals surface area contributed by atoms with E-state index in [2.05, 4.69) is 10.6 Å². The summed E-state index contributed by atoms with van der Waals surface area (Å²) in [5.41, 5.74) is 1.69. The number of rotatable bonds is 9. The first-order valence-electron chi connectivity index (χ1n) is 11.3. The Balaban J connectivity index is 1.76. The molecule has 7 nitrogen and oxygen atoms in total. The van der Waals surface area contributed by atoms with E-state index in [1.807, 2.05) is 45.9 Å². The van der Waals surface area contributed by atoms with E-state index >= 15 is 0 Å². The number of aliphatic hydroxyl groups excluding tert-OH is 1. The summed E-state index contributed by atoms with van der Waals surface area (Å²) in [6.07, 6.45) is -2.59. The van der Waals surface area contributed by atoms with Crippen LogP contribution < -0.4 is 15.4 Å². The van der Waals surface area contributed by atoms with Crippen LogP contribution >= 0.6 is 0 Å². The molecule has 1 amide bonds. The summed E-state index contributed by atoms with van der Waals surface area (Å²) in [6.45, 7) is 8.20. The molecule has 0 radical (unpaired) electrons. The van der Waals surface area contributed by atoms with E-state index in [0.29, 0.717) is 6.61 Å². The van der Waals surface area contributed by atoms with Crippen molar-refractivity contribution in [2.24, 2.45) is 0 Å². The van der Waals surface area contributed by atoms with Crippen LogP contribution in [0.15, 0.2) is 36.4 Å². The third-order valence-electron chi connectivity index (χ3n) is 5.75. The van der Waals surface area contributed by atoms with Gasteiger partial charge in [0.15, 0.2) is 0 Å². The highest BCUT2D eigenvalue weighted by molar-refractivity contribution is 5.65. The molecule has 2 aromatic rings. The zero-order chi connectivity index (χ0) is 25.0. The van der Waals surface area contributed by atoms with Crippen molar-refractivity contribution in [1.82, 2.24) is 10.6 Å². The molecule has 1 aliphatic heterocycles. The van der Waals surface area contributed by atoms with Crippen LogP contribution in [0, 0.1) is 11.6 Å². The van der Waals surface area contributed by atoms with Crippen LogP contribution in [0.3, 0.4) is 0 Å². The lowest BCUT2D eigenvalue weighted by Gasteiger charge is -2.38. The maximum atomic E-state index is 13.6. The molecule has 3 atom stereocenters. The van der Waals surface area contributed by atoms with Crippen molar-refractivity contribution in [3.8, 4) is 5.75 Å². The first kappa shape index (κ1) is 25.9. The van der Waals surface area contributed by atoms with Gasteiger partial charge in [-0.2, -0.15) is 0 Å². The van der Waals surface area contributed by atoms with Gasteiger partial charge < -0.3 is 30.3 Å². The molecule has 0 saturated heterocycles. The van der Waals surface area contributed by atoms with E-state index < -0.39 is 35.5 Å². The van der Waals surface area contributed by atoms with Crippen LogP contribution in [0.5, 0.6) is 5.75 Å². The molecule has 0 aromatic heterocycles. The summed E-state index contributed by atoms with van der Waals surface area (Å²) < 4.78 is 39.0. The van der Waals surface area contributed by atoms with Gasteiger partial charge >= 0.3 is 6.09 Å². The molecule has 1 heterocycles. The molecule has 9 heteroatoms. The van der Waals surface area contributed by atoms with Crippen LogP contribution in [0.2, 0.25) is 0 Å². The number of nitrogens with one attached hydrogen (secondary N) is 2. The average Bonchev–Trinajstić information content (AvgIpc) is 2.71. The average molecular weight is 479 g/mol. The minimum atomic E-state index is -1.34. The fourth-order valence-electron chi connectivity index (χ4n) is 4.18. The van der Waals surface area contributed by atoms with Gasteiger partial charge in [-0.1, -0.05) is 6.07 Å². The van der Waals surface area contributed by atoms with Gasteiger partial charge in [0.2, 0.25) is 0 Å². The molecule has 0 bridgehead atoms. The maximum absolute atomic E-state index is 13.6. The molecule has 2 aromatic carbocycles. The zero-order valence-corrected chi connectivity index (χ0v) is 19.8. The minimum Gasteiger partial charge on any atom is -0.491 e. The van der Waals surface area contributed by atoms with E-state index in [1.165, 1.54) is 0 Å². The molecule has 0 saturated carbocycles. The number of carboxylic acid groups (broad SMARTS) is 1. The number of halogens is 2. The van der Waals surface area contributed by atoms with Gasteiger partial charge in [-0.25, -0.2) is 13.6 Å². The lowest BCUT2D eigenvalue weighted by atomic mass is 9.86. The third-order valence-corrected chi connectivity index (χ3v) is 5.75. The van der Waals surface area contributed by atoms with Crippen molar-refractivity contribution in [2.75, 3.05) is 13.2 Å². The predicted molar refractivity (Wildman–Crippen MR) is 123 cm³/mol. The summed E-state index contributed by atoms with van der Waals surface area (Å²) >= 11 is 0. The minimum absolute atomic E-state index is 0.00893. The van der Waals surface area contributed by atoms with E-state index in [9.17, 15) is 23.8 Å². The highest BCUT2D eigenvalue weighted by atomic mass is 19.1. The number of ether oxygens (including phenoxy) is 2. The maximum Gasteiger partial charge on any atom is 0.404 e. The fraction of sp³-hybridized carbons (Fsp3) is 0.480. The second-order valence-corrected chi connectivity index (χ2v) is 9.30. The Morgan fingerprint density at radius 3 is 2.50 bits per heavy atom. The largest absolute Gasteiger partial charge is 0.491 e. The lowest BCUT2D eigenvalue weighted by molar-refractivity contribution is -0.0487. The Kier molecular flexibility index (Phi) is 8.12. The number of hydrogen-bond donors (Lipinski definition) is 4. The molecule has 34 heavy (non-hydrogen) atoms. The van der Waals surface area contributed by atoms with Gasteiger partial charge in [0, 0.05) is 12.6 Å². The molecule has 1 unspecified atom stereocenters. The van der Waals surface area contributed by atoms with Gasteiger partial charge in [-0.05, 0) is 75.1 Å². The molecule has 186 valence electrons. The number of amides is 1. The molecular formula is C25H32F2N2O5. The summed E-state index contributed by atoms with van der Waals surface area (Å²) in [5, 5.41) is 25.5. The van der Waals surface area contributed by atoms with E-state index in [-0.39, 0.29) is 30.7 Å². The second-order valence-electron chi connectivity index (χ2n) is 9.30. The van der Waals surface area contributed by atoms with Crippen LogP contribution in [0.25, 0.3) is 0 Å². The van der Waals surface area contributed by atoms with E-state index in [4.69, 9.17) is 9.47 Å². The number of fused-ring (bicyclic) bond motifs is 1. The SMILES string of the molecule is CC(C)Oc1ccc2c(c1)C(NC[C@H](O)[C@H](Cc1cc(F)cc(F)c1)NC(=O)O)COC2(C)C. The smallest absolute Gasteiger partial charge is 0.404 e. The molecule has 0 spiro atoms. The molecule has 1 aliphatic rings. The van der Waals surface area contributed by atoms with Crippen LogP contribution in [0.4, 0.5) is 13.6 Å². The highest BCUT2D eigenvalue weighted by Crippen LogP contribution is 2.38. The standard InChI is InChI=1S/C25H32F2N2O5/c1-14(2)34-18-5-6-20-19(11-18)22(13-33-25(20,3)4)28-12-23(30)21(29-24(31)32)9-15-7-16(26)10-17(27)8-15/h5-8,10-11,14,21-23,28-30H,9,12-13H2,1-4H3,(H,31,32)/t21-,22?,23-/m0/s1. The summed E-state index contributed by atoms with van der Waals surface area (Å²) in [7, 11) is 0. The van der Waals surface area contributed by atoms with Crippen LogP contribution in [0.1, 0.15) is 50.4 Å². The van der Waals surface area contributed by atoms with Gasteiger partial charge in [0.1, 0.15) is 17.4 Å². The second kappa shape index (κ2) is 10.7. The third kappa shape index (κ3) is 6.65. The molecule has 4 N–H and O–H groups in total. The van der Waals surface area contributed by atoms with E-state index in [0.717, 1.165) is 35.1 Å². The Hall–Kier alpha value is -2.75. The monoisotopic (exact) mass is 478 g/mol. The van der Waals surface area contributed by atoms with Gasteiger partial charge in [0.05, 0.1) is 36.5 Å². The molecular weight excluding hydrogens is 446 g/mol. The Morgan fingerprint density at radius 1 is 1.21 bits per heavy atom. The van der Waals surface area contributed by atoms with Crippen molar-refractivity contribution in [1.29, 1.82) is 0 Å². The Bertz CT molecular complexity index is 995. The van der Waals surface area contributed by atoms with E-state index in [1.54, 1.807) is 0 Å². The zero-order valence-electron chi connectivity index (χ0n) is 19.8. The normalized spacial score (nSPS) is 18.8. The number of benzene rings is 2. The van der Waals surface area contributed by atoms with Gasteiger partial charge in [-0.3, -0.25) is 0 Å². The predicted octanol–water partition coefficient (Wildman–Crippen LogP) is 3.89. The summed E-state index contributed by atoms with van der Waals surface area (Å²) in [5.74, 6) is -0.818. The lowest BCUT2D eigenvalue weighted by Crippen LogP contribution is -2.49. The van der Waals surface area contributed by atoms with Crippen molar-refractivity contribution >= 4 is 6.09 Å². The van der Waals surface area contributed by atoms with Crippen molar-refractivity contribution in [2.45, 2.75) is 64.0 Å². The van der Waals surface area contributed by atoms with Crippen molar-refractivity contribution < 1.29 is 33.3 Å². The summed E-state index contributed by atoms with van der Waals surface area (Å²) in [4.78, 5) is 11.3. The van der Waals surface area contributed by atoms with Crippen molar-refractivity contribution in [3.63, 3.8) is 0 Å². The van der Waals surface area contributed by atoms with Gasteiger partial charge in [0.25, 0.3) is 0 Å². The summed E-state index contributed by atoms with van der Waals surface area (Å²) in [6, 6.07) is 7.52. The van der Waals surface area contributed by atoms with Crippen LogP contribution in [-0.2, 0) is 16.8 Å². The van der Waals surface area contributed by atoms with Crippen molar-refractivity contribution in [3.05, 3.63) is 64.7 Å². The molecule has 0 fully saturated rings. The quantitative estimate of drug-likeness (QED) is 0.437. The number of hydrogen-bond acceptors (Lipinski definition) is 5. The fourth-order valence-corrected chi connectivity index (χ4v) is 4.18. The number of aliphatic hydroxyl groups is 1. The Morgan fingerprint density at radius 2 is 1.88 bits per heavy atom. The highest BCUT2D eigenvalue weighted by Gasteiger charge is 2.34.